The van der Waals surface area contributed by atoms with E-state index < -0.39 is 6.10 Å². The van der Waals surface area contributed by atoms with E-state index in [2.05, 4.69) is 9.97 Å². The molecule has 1 aliphatic carbocycles. The van der Waals surface area contributed by atoms with E-state index in [1.54, 1.807) is 6.20 Å². The zero-order valence-corrected chi connectivity index (χ0v) is 9.00. The Bertz CT molecular complexity index is 508. The van der Waals surface area contributed by atoms with Crippen molar-refractivity contribution in [3.8, 4) is 0 Å². The van der Waals surface area contributed by atoms with Crippen LogP contribution < -0.4 is 0 Å². The van der Waals surface area contributed by atoms with Gasteiger partial charge in [-0.15, -0.1) is 0 Å². The highest BCUT2D eigenvalue weighted by Crippen LogP contribution is 2.37. The van der Waals surface area contributed by atoms with Gasteiger partial charge in [0.05, 0.1) is 29.0 Å². The van der Waals surface area contributed by atoms with E-state index in [9.17, 15) is 5.11 Å². The van der Waals surface area contributed by atoms with Crippen molar-refractivity contribution in [2.75, 3.05) is 0 Å². The number of aliphatic hydroxyl groups excluding tert-OH is 1. The Morgan fingerprint density at radius 2 is 2.00 bits per heavy atom. The Hall–Kier alpha value is -1.48. The van der Waals surface area contributed by atoms with E-state index in [0.29, 0.717) is 11.6 Å². The second kappa shape index (κ2) is 3.83. The van der Waals surface area contributed by atoms with Gasteiger partial charge in [-0.1, -0.05) is 25.0 Å². The topological polar surface area (TPSA) is 46.0 Å². The maximum absolute atomic E-state index is 9.99. The lowest BCUT2D eigenvalue weighted by atomic mass is 10.1. The van der Waals surface area contributed by atoms with Crippen LogP contribution in [0.15, 0.2) is 30.5 Å². The molecule has 0 radical (unpaired) electrons. The third-order valence-corrected chi connectivity index (χ3v) is 3.06. The van der Waals surface area contributed by atoms with Crippen LogP contribution >= 0.6 is 0 Å². The molecule has 0 saturated heterocycles. The molecule has 1 N–H and O–H groups in total. The molecule has 0 amide bonds. The molecule has 0 aliphatic heterocycles. The minimum absolute atomic E-state index is 0.454. The number of hydrogen-bond donors (Lipinski definition) is 1. The first-order chi connectivity index (χ1) is 7.83. The molecule has 1 heterocycles. The number of nitrogens with zero attached hydrogens (tertiary/aromatic N) is 2. The molecule has 0 bridgehead atoms. The van der Waals surface area contributed by atoms with Gasteiger partial charge in [-0.2, -0.15) is 0 Å². The van der Waals surface area contributed by atoms with Crippen LogP contribution in [0.25, 0.3) is 11.0 Å². The van der Waals surface area contributed by atoms with E-state index in [1.165, 1.54) is 12.8 Å². The van der Waals surface area contributed by atoms with Gasteiger partial charge < -0.3 is 5.11 Å². The Morgan fingerprint density at radius 1 is 1.25 bits per heavy atom. The van der Waals surface area contributed by atoms with Crippen molar-refractivity contribution in [1.29, 1.82) is 0 Å². The van der Waals surface area contributed by atoms with E-state index in [-0.39, 0.29) is 0 Å². The van der Waals surface area contributed by atoms with Crippen LogP contribution in [0.4, 0.5) is 0 Å². The normalized spacial score (nSPS) is 17.6. The van der Waals surface area contributed by atoms with Gasteiger partial charge in [0.15, 0.2) is 0 Å². The molecule has 3 rings (SSSR count). The van der Waals surface area contributed by atoms with Crippen LogP contribution in [-0.2, 0) is 0 Å². The van der Waals surface area contributed by atoms with Crippen molar-refractivity contribution in [2.24, 2.45) is 5.92 Å². The predicted molar refractivity (Wildman–Crippen MR) is 61.8 cm³/mol. The molecule has 1 saturated carbocycles. The quantitative estimate of drug-likeness (QED) is 0.853. The molecule has 16 heavy (non-hydrogen) atoms. The fourth-order valence-electron chi connectivity index (χ4n) is 1.92. The summed E-state index contributed by atoms with van der Waals surface area (Å²) in [6, 6.07) is 7.74. The van der Waals surface area contributed by atoms with Gasteiger partial charge in [0.1, 0.15) is 0 Å². The van der Waals surface area contributed by atoms with Gasteiger partial charge in [-0.25, -0.2) is 4.98 Å². The molecular weight excluding hydrogens is 200 g/mol. The summed E-state index contributed by atoms with van der Waals surface area (Å²) >= 11 is 0. The summed E-state index contributed by atoms with van der Waals surface area (Å²) < 4.78 is 0. The van der Waals surface area contributed by atoms with Crippen molar-refractivity contribution < 1.29 is 5.11 Å². The SMILES string of the molecule is OC(CC1CC1)c1cnc2ccccc2n1. The average Bonchev–Trinajstić information content (AvgIpc) is 3.12. The number of hydrogen-bond acceptors (Lipinski definition) is 3. The van der Waals surface area contributed by atoms with Crippen LogP contribution in [-0.4, -0.2) is 15.1 Å². The third-order valence-electron chi connectivity index (χ3n) is 3.06. The first-order valence-electron chi connectivity index (χ1n) is 5.72. The van der Waals surface area contributed by atoms with Crippen LogP contribution in [0.1, 0.15) is 31.1 Å². The molecule has 1 aromatic carbocycles. The molecule has 1 unspecified atom stereocenters. The van der Waals surface area contributed by atoms with E-state index in [0.717, 1.165) is 17.5 Å². The Balaban J connectivity index is 1.91. The molecule has 2 aromatic rings. The summed E-state index contributed by atoms with van der Waals surface area (Å²) in [7, 11) is 0. The Morgan fingerprint density at radius 3 is 2.75 bits per heavy atom. The van der Waals surface area contributed by atoms with E-state index >= 15 is 0 Å². The third kappa shape index (κ3) is 1.91. The summed E-state index contributed by atoms with van der Waals surface area (Å²) in [6.07, 6.45) is 4.56. The smallest absolute Gasteiger partial charge is 0.0978 e. The minimum Gasteiger partial charge on any atom is -0.387 e. The number of fused-ring (bicyclic) bond motifs is 1. The Labute approximate surface area is 94.2 Å². The number of aliphatic hydroxyl groups is 1. The number of rotatable bonds is 3. The maximum atomic E-state index is 9.99. The molecular formula is C13H14N2O. The molecule has 3 heteroatoms. The van der Waals surface area contributed by atoms with Crippen LogP contribution in [0.2, 0.25) is 0 Å². The molecule has 1 atom stereocenters. The monoisotopic (exact) mass is 214 g/mol. The second-order valence-electron chi connectivity index (χ2n) is 4.48. The summed E-state index contributed by atoms with van der Waals surface area (Å²) in [5.74, 6) is 0.697. The van der Waals surface area contributed by atoms with Gasteiger partial charge in [-0.05, 0) is 24.5 Å². The Kier molecular flexibility index (Phi) is 2.33. The molecule has 0 spiro atoms. The fourth-order valence-corrected chi connectivity index (χ4v) is 1.92. The second-order valence-corrected chi connectivity index (χ2v) is 4.48. The summed E-state index contributed by atoms with van der Waals surface area (Å²) in [6.45, 7) is 0. The molecule has 82 valence electrons. The molecule has 1 fully saturated rings. The average molecular weight is 214 g/mol. The van der Waals surface area contributed by atoms with Crippen LogP contribution in [0.3, 0.4) is 0 Å². The largest absolute Gasteiger partial charge is 0.387 e. The summed E-state index contributed by atoms with van der Waals surface area (Å²) in [5.41, 5.74) is 2.44. The summed E-state index contributed by atoms with van der Waals surface area (Å²) in [5, 5.41) is 9.99. The predicted octanol–water partition coefficient (Wildman–Crippen LogP) is 2.46. The van der Waals surface area contributed by atoms with Crippen LogP contribution in [0, 0.1) is 5.92 Å². The van der Waals surface area contributed by atoms with Crippen molar-refractivity contribution in [1.82, 2.24) is 9.97 Å². The van der Waals surface area contributed by atoms with Crippen LogP contribution in [0.5, 0.6) is 0 Å². The zero-order chi connectivity index (χ0) is 11.0. The molecule has 1 aliphatic rings. The highest BCUT2D eigenvalue weighted by molar-refractivity contribution is 5.73. The first kappa shape index (κ1) is 9.73. The maximum Gasteiger partial charge on any atom is 0.0978 e. The molecule has 1 aromatic heterocycles. The summed E-state index contributed by atoms with van der Waals surface area (Å²) in [4.78, 5) is 8.75. The van der Waals surface area contributed by atoms with Gasteiger partial charge in [0.25, 0.3) is 0 Å². The lowest BCUT2D eigenvalue weighted by Crippen LogP contribution is -2.02. The van der Waals surface area contributed by atoms with Crippen molar-refractivity contribution >= 4 is 11.0 Å². The van der Waals surface area contributed by atoms with E-state index in [1.807, 2.05) is 24.3 Å². The van der Waals surface area contributed by atoms with Gasteiger partial charge in [-0.3, -0.25) is 4.98 Å². The van der Waals surface area contributed by atoms with Gasteiger partial charge in [0, 0.05) is 0 Å². The van der Waals surface area contributed by atoms with Gasteiger partial charge in [0.2, 0.25) is 0 Å². The lowest BCUT2D eigenvalue weighted by molar-refractivity contribution is 0.155. The number of aromatic nitrogens is 2. The molecule has 3 nitrogen and oxygen atoms in total. The minimum atomic E-state index is -0.454. The highest BCUT2D eigenvalue weighted by atomic mass is 16.3. The highest BCUT2D eigenvalue weighted by Gasteiger charge is 2.25. The lowest BCUT2D eigenvalue weighted by Gasteiger charge is -2.09. The fraction of sp³-hybridized carbons (Fsp3) is 0.385. The zero-order valence-electron chi connectivity index (χ0n) is 9.00. The van der Waals surface area contributed by atoms with Crippen molar-refractivity contribution in [3.05, 3.63) is 36.2 Å². The standard InChI is InChI=1S/C13H14N2O/c16-13(7-9-5-6-9)12-8-14-10-3-1-2-4-11(10)15-12/h1-4,8-9,13,16H,5-7H2. The van der Waals surface area contributed by atoms with Gasteiger partial charge >= 0.3 is 0 Å². The van der Waals surface area contributed by atoms with Crippen molar-refractivity contribution in [3.63, 3.8) is 0 Å². The van der Waals surface area contributed by atoms with E-state index in [4.69, 9.17) is 0 Å². The van der Waals surface area contributed by atoms with Crippen molar-refractivity contribution in [2.45, 2.75) is 25.4 Å². The number of para-hydroxylation sites is 2. The number of benzene rings is 1. The first-order valence-corrected chi connectivity index (χ1v) is 5.72.